The number of hydrogen-bond acceptors (Lipinski definition) is 1. The zero-order valence-electron chi connectivity index (χ0n) is 8.97. The molecule has 1 rings (SSSR count). The van der Waals surface area contributed by atoms with E-state index in [2.05, 4.69) is 18.8 Å². The Morgan fingerprint density at radius 3 is 2.50 bits per heavy atom. The Hall–Kier alpha value is -0.970. The Balaban J connectivity index is 2.71. The van der Waals surface area contributed by atoms with Gasteiger partial charge >= 0.3 is 5.97 Å². The van der Waals surface area contributed by atoms with Gasteiger partial charge in [0.25, 0.3) is 0 Å². The molecule has 2 nitrogen and oxygen atoms in total. The number of carboxylic acids is 1. The van der Waals surface area contributed by atoms with Crippen LogP contribution in [0.5, 0.6) is 0 Å². The molecule has 0 unspecified atom stereocenters. The highest BCUT2D eigenvalue weighted by Gasteiger charge is 2.40. The first-order chi connectivity index (χ1) is 6.60. The molecule has 0 aromatic heterocycles. The lowest BCUT2D eigenvalue weighted by Gasteiger charge is -2.34. The van der Waals surface area contributed by atoms with E-state index < -0.39 is 11.4 Å². The molecule has 1 aliphatic carbocycles. The van der Waals surface area contributed by atoms with E-state index in [1.54, 1.807) is 6.92 Å². The smallest absolute Gasteiger partial charge is 0.310 e. The van der Waals surface area contributed by atoms with Gasteiger partial charge in [0.15, 0.2) is 0 Å². The molecule has 0 bridgehead atoms. The minimum atomic E-state index is -0.660. The Bertz CT molecular complexity index is 262. The van der Waals surface area contributed by atoms with Gasteiger partial charge in [0.1, 0.15) is 0 Å². The van der Waals surface area contributed by atoms with E-state index in [1.807, 2.05) is 0 Å². The molecule has 2 heteroatoms. The molecule has 0 heterocycles. The molecule has 0 aliphatic heterocycles. The van der Waals surface area contributed by atoms with E-state index in [4.69, 9.17) is 0 Å². The third-order valence-corrected chi connectivity index (χ3v) is 3.29. The number of carboxylic acid groups (broad SMARTS) is 1. The lowest BCUT2D eigenvalue weighted by molar-refractivity contribution is -0.151. The molecule has 0 atom stereocenters. The molecule has 0 radical (unpaired) electrons. The van der Waals surface area contributed by atoms with Crippen molar-refractivity contribution < 1.29 is 9.90 Å². The Morgan fingerprint density at radius 1 is 1.50 bits per heavy atom. The first-order valence-electron chi connectivity index (χ1n) is 5.24. The van der Waals surface area contributed by atoms with E-state index in [0.717, 1.165) is 25.7 Å². The summed E-state index contributed by atoms with van der Waals surface area (Å²) in [5.74, 6) is 5.73. The van der Waals surface area contributed by atoms with E-state index >= 15 is 0 Å². The highest BCUT2D eigenvalue weighted by Crippen LogP contribution is 2.41. The summed E-state index contributed by atoms with van der Waals surface area (Å²) in [5, 5.41) is 9.23. The van der Waals surface area contributed by atoms with Crippen molar-refractivity contribution in [2.45, 2.75) is 46.0 Å². The fraction of sp³-hybridized carbons (Fsp3) is 0.750. The van der Waals surface area contributed by atoms with Crippen molar-refractivity contribution in [3.05, 3.63) is 0 Å². The van der Waals surface area contributed by atoms with Gasteiger partial charge in [-0.05, 0) is 38.5 Å². The van der Waals surface area contributed by atoms with Gasteiger partial charge < -0.3 is 5.11 Å². The van der Waals surface area contributed by atoms with Crippen molar-refractivity contribution in [1.29, 1.82) is 0 Å². The van der Waals surface area contributed by atoms with E-state index in [-0.39, 0.29) is 0 Å². The average molecular weight is 194 g/mol. The maximum absolute atomic E-state index is 11.2. The maximum atomic E-state index is 11.2. The van der Waals surface area contributed by atoms with Crippen LogP contribution in [0.2, 0.25) is 0 Å². The summed E-state index contributed by atoms with van der Waals surface area (Å²) >= 11 is 0. The summed E-state index contributed by atoms with van der Waals surface area (Å²) < 4.78 is 0. The van der Waals surface area contributed by atoms with Gasteiger partial charge in [0, 0.05) is 6.42 Å². The van der Waals surface area contributed by atoms with Crippen LogP contribution in [0.15, 0.2) is 0 Å². The van der Waals surface area contributed by atoms with Crippen molar-refractivity contribution in [1.82, 2.24) is 0 Å². The molecule has 0 amide bonds. The normalized spacial score (nSPS) is 31.7. The van der Waals surface area contributed by atoms with Crippen LogP contribution in [0, 0.1) is 23.2 Å². The molecular formula is C12H18O2. The van der Waals surface area contributed by atoms with Crippen LogP contribution in [0.4, 0.5) is 0 Å². The fourth-order valence-corrected chi connectivity index (χ4v) is 2.04. The van der Waals surface area contributed by atoms with Crippen LogP contribution in [-0.4, -0.2) is 11.1 Å². The molecule has 0 saturated heterocycles. The minimum absolute atomic E-state index is 0.519. The topological polar surface area (TPSA) is 37.3 Å². The van der Waals surface area contributed by atoms with Crippen molar-refractivity contribution in [2.24, 2.45) is 11.3 Å². The second-order valence-electron chi connectivity index (χ2n) is 4.37. The van der Waals surface area contributed by atoms with Gasteiger partial charge in [-0.15, -0.1) is 11.8 Å². The monoisotopic (exact) mass is 194 g/mol. The van der Waals surface area contributed by atoms with Crippen LogP contribution >= 0.6 is 0 Å². The first kappa shape index (κ1) is 11.1. The third kappa shape index (κ3) is 2.29. The summed E-state index contributed by atoms with van der Waals surface area (Å²) in [7, 11) is 0. The lowest BCUT2D eigenvalue weighted by atomic mass is 9.69. The van der Waals surface area contributed by atoms with Crippen molar-refractivity contribution >= 4 is 5.97 Å². The van der Waals surface area contributed by atoms with Crippen LogP contribution < -0.4 is 0 Å². The lowest BCUT2D eigenvalue weighted by Crippen LogP contribution is -2.34. The highest BCUT2D eigenvalue weighted by atomic mass is 16.4. The molecule has 14 heavy (non-hydrogen) atoms. The van der Waals surface area contributed by atoms with Crippen LogP contribution in [0.3, 0.4) is 0 Å². The summed E-state index contributed by atoms with van der Waals surface area (Å²) in [4.78, 5) is 11.2. The molecule has 0 spiro atoms. The summed E-state index contributed by atoms with van der Waals surface area (Å²) in [6.45, 7) is 3.96. The van der Waals surface area contributed by atoms with Gasteiger partial charge in [-0.2, -0.15) is 0 Å². The fourth-order valence-electron chi connectivity index (χ4n) is 2.04. The molecule has 0 aromatic carbocycles. The SMILES string of the molecule is CC#CCC1(C(=O)O)CCC(C)CC1. The van der Waals surface area contributed by atoms with Crippen molar-refractivity contribution in [3.8, 4) is 11.8 Å². The minimum Gasteiger partial charge on any atom is -0.481 e. The van der Waals surface area contributed by atoms with Gasteiger partial charge in [0.2, 0.25) is 0 Å². The largest absolute Gasteiger partial charge is 0.481 e. The summed E-state index contributed by atoms with van der Waals surface area (Å²) in [5.41, 5.74) is -0.546. The number of carbonyl (C=O) groups is 1. The molecule has 1 N–H and O–H groups in total. The molecule has 0 aromatic rings. The molecule has 1 fully saturated rings. The zero-order valence-corrected chi connectivity index (χ0v) is 8.97. The average Bonchev–Trinajstić information content (AvgIpc) is 2.17. The van der Waals surface area contributed by atoms with Gasteiger partial charge in [-0.25, -0.2) is 0 Å². The number of rotatable bonds is 2. The summed E-state index contributed by atoms with van der Waals surface area (Å²) in [6.07, 6.45) is 4.15. The van der Waals surface area contributed by atoms with Crippen LogP contribution in [0.25, 0.3) is 0 Å². The highest BCUT2D eigenvalue weighted by molar-refractivity contribution is 5.75. The first-order valence-corrected chi connectivity index (χ1v) is 5.24. The second-order valence-corrected chi connectivity index (χ2v) is 4.37. The standard InChI is InChI=1S/C12H18O2/c1-3-4-7-12(11(13)14)8-5-10(2)6-9-12/h10H,5-9H2,1-2H3,(H,13,14). The molecule has 1 aliphatic rings. The zero-order chi connectivity index (χ0) is 10.6. The van der Waals surface area contributed by atoms with Crippen LogP contribution in [0.1, 0.15) is 46.0 Å². The quantitative estimate of drug-likeness (QED) is 0.686. The molecule has 78 valence electrons. The number of aliphatic carboxylic acids is 1. The van der Waals surface area contributed by atoms with E-state index in [0.29, 0.717) is 12.3 Å². The van der Waals surface area contributed by atoms with Gasteiger partial charge in [-0.3, -0.25) is 4.79 Å². The van der Waals surface area contributed by atoms with Gasteiger partial charge in [0.05, 0.1) is 5.41 Å². The third-order valence-electron chi connectivity index (χ3n) is 3.29. The van der Waals surface area contributed by atoms with Crippen LogP contribution in [-0.2, 0) is 4.79 Å². The predicted molar refractivity (Wildman–Crippen MR) is 55.8 cm³/mol. The Labute approximate surface area is 85.7 Å². The van der Waals surface area contributed by atoms with E-state index in [1.165, 1.54) is 0 Å². The molecule has 1 saturated carbocycles. The van der Waals surface area contributed by atoms with Crippen molar-refractivity contribution in [3.63, 3.8) is 0 Å². The van der Waals surface area contributed by atoms with E-state index in [9.17, 15) is 9.90 Å². The Morgan fingerprint density at radius 2 is 2.07 bits per heavy atom. The Kier molecular flexibility index (Phi) is 3.57. The summed E-state index contributed by atoms with van der Waals surface area (Å²) in [6, 6.07) is 0. The second kappa shape index (κ2) is 4.50. The predicted octanol–water partition coefficient (Wildman–Crippen LogP) is 2.68. The van der Waals surface area contributed by atoms with Gasteiger partial charge in [-0.1, -0.05) is 6.92 Å². The number of hydrogen-bond donors (Lipinski definition) is 1. The van der Waals surface area contributed by atoms with Crippen molar-refractivity contribution in [2.75, 3.05) is 0 Å². The maximum Gasteiger partial charge on any atom is 0.310 e. The molecular weight excluding hydrogens is 176 g/mol.